The Balaban J connectivity index is 1.55. The van der Waals surface area contributed by atoms with Crippen LogP contribution in [0.5, 0.6) is 0 Å². The summed E-state index contributed by atoms with van der Waals surface area (Å²) in [6.45, 7) is 2.03. The summed E-state index contributed by atoms with van der Waals surface area (Å²) in [5.41, 5.74) is 0.418. The van der Waals surface area contributed by atoms with Crippen molar-refractivity contribution in [3.8, 4) is 0 Å². The predicted octanol–water partition coefficient (Wildman–Crippen LogP) is 3.62. The van der Waals surface area contributed by atoms with E-state index < -0.39 is 28.0 Å². The zero-order valence-corrected chi connectivity index (χ0v) is 17.6. The van der Waals surface area contributed by atoms with Crippen molar-refractivity contribution in [2.45, 2.75) is 30.1 Å². The quantitative estimate of drug-likeness (QED) is 0.505. The van der Waals surface area contributed by atoms with Gasteiger partial charge in [0.1, 0.15) is 4.21 Å². The second-order valence-corrected chi connectivity index (χ2v) is 10.1. The molecular formula is C19H20ClNO5S2. The Labute approximate surface area is 173 Å². The van der Waals surface area contributed by atoms with Gasteiger partial charge in [0.15, 0.2) is 6.10 Å². The first-order chi connectivity index (χ1) is 13.3. The molecule has 1 fully saturated rings. The van der Waals surface area contributed by atoms with E-state index in [1.54, 1.807) is 41.8 Å². The highest BCUT2D eigenvalue weighted by atomic mass is 35.5. The standard InChI is InChI=1S/C19H20ClNO5S2/c1-13(18(22)14-4-6-16(20)7-5-14)26-19(23)15-8-10-21(11-9-15)28(24,25)17-3-2-12-27-17/h2-7,12-13,15H,8-11H2,1H3. The van der Waals surface area contributed by atoms with Gasteiger partial charge >= 0.3 is 5.97 Å². The number of Topliss-reactive ketones (excluding diaryl/α,β-unsaturated/α-hetero) is 1. The van der Waals surface area contributed by atoms with Crippen LogP contribution >= 0.6 is 22.9 Å². The van der Waals surface area contributed by atoms with E-state index in [1.807, 2.05) is 0 Å². The SMILES string of the molecule is CC(OC(=O)C1CCN(S(=O)(=O)c2cccs2)CC1)C(=O)c1ccc(Cl)cc1. The van der Waals surface area contributed by atoms with Crippen molar-refractivity contribution in [2.75, 3.05) is 13.1 Å². The molecule has 1 atom stereocenters. The largest absolute Gasteiger partial charge is 0.454 e. The third-order valence-electron chi connectivity index (χ3n) is 4.67. The summed E-state index contributed by atoms with van der Waals surface area (Å²) in [5.74, 6) is -1.19. The molecule has 0 bridgehead atoms. The summed E-state index contributed by atoms with van der Waals surface area (Å²) in [7, 11) is -3.51. The second kappa shape index (κ2) is 8.73. The number of hydrogen-bond donors (Lipinski definition) is 0. The van der Waals surface area contributed by atoms with Gasteiger partial charge in [-0.05, 0) is 55.5 Å². The normalized spacial score (nSPS) is 17.2. The molecule has 28 heavy (non-hydrogen) atoms. The van der Waals surface area contributed by atoms with Gasteiger partial charge in [-0.15, -0.1) is 11.3 Å². The molecule has 0 amide bonds. The number of esters is 1. The minimum atomic E-state index is -3.51. The number of halogens is 1. The van der Waals surface area contributed by atoms with E-state index in [0.29, 0.717) is 27.6 Å². The highest BCUT2D eigenvalue weighted by Crippen LogP contribution is 2.27. The summed E-state index contributed by atoms with van der Waals surface area (Å²) in [6, 6.07) is 9.65. The molecular weight excluding hydrogens is 422 g/mol. The van der Waals surface area contributed by atoms with E-state index in [0.717, 1.165) is 0 Å². The minimum Gasteiger partial charge on any atom is -0.454 e. The lowest BCUT2D eigenvalue weighted by Crippen LogP contribution is -2.41. The first-order valence-electron chi connectivity index (χ1n) is 8.83. The Morgan fingerprint density at radius 2 is 1.82 bits per heavy atom. The average molecular weight is 442 g/mol. The molecule has 2 heterocycles. The smallest absolute Gasteiger partial charge is 0.309 e. The molecule has 0 N–H and O–H groups in total. The van der Waals surface area contributed by atoms with E-state index in [4.69, 9.17) is 16.3 Å². The second-order valence-electron chi connectivity index (χ2n) is 6.56. The maximum Gasteiger partial charge on any atom is 0.309 e. The van der Waals surface area contributed by atoms with Gasteiger partial charge in [0.2, 0.25) is 5.78 Å². The van der Waals surface area contributed by atoms with Gasteiger partial charge in [-0.25, -0.2) is 8.42 Å². The summed E-state index contributed by atoms with van der Waals surface area (Å²) < 4.78 is 32.1. The fourth-order valence-electron chi connectivity index (χ4n) is 3.04. The molecule has 0 radical (unpaired) electrons. The zero-order chi connectivity index (χ0) is 20.3. The monoisotopic (exact) mass is 441 g/mol. The topological polar surface area (TPSA) is 80.8 Å². The summed E-state index contributed by atoms with van der Waals surface area (Å²) >= 11 is 6.99. The fourth-order valence-corrected chi connectivity index (χ4v) is 5.78. The Bertz CT molecular complexity index is 933. The molecule has 0 saturated carbocycles. The average Bonchev–Trinajstić information content (AvgIpc) is 3.24. The van der Waals surface area contributed by atoms with Crippen molar-refractivity contribution in [1.29, 1.82) is 0 Å². The van der Waals surface area contributed by atoms with E-state index in [-0.39, 0.29) is 18.9 Å². The van der Waals surface area contributed by atoms with Gasteiger partial charge in [0, 0.05) is 23.7 Å². The lowest BCUT2D eigenvalue weighted by Gasteiger charge is -2.30. The van der Waals surface area contributed by atoms with Crippen LogP contribution in [-0.2, 0) is 19.6 Å². The van der Waals surface area contributed by atoms with Crippen LogP contribution in [0.2, 0.25) is 5.02 Å². The molecule has 3 rings (SSSR count). The van der Waals surface area contributed by atoms with Crippen molar-refractivity contribution in [3.05, 3.63) is 52.4 Å². The van der Waals surface area contributed by atoms with Crippen molar-refractivity contribution in [2.24, 2.45) is 5.92 Å². The van der Waals surface area contributed by atoms with Crippen LogP contribution in [0, 0.1) is 5.92 Å². The van der Waals surface area contributed by atoms with Crippen LogP contribution in [0.25, 0.3) is 0 Å². The molecule has 6 nitrogen and oxygen atoms in total. The zero-order valence-electron chi connectivity index (χ0n) is 15.2. The van der Waals surface area contributed by atoms with E-state index in [2.05, 4.69) is 0 Å². The van der Waals surface area contributed by atoms with E-state index in [1.165, 1.54) is 22.6 Å². The van der Waals surface area contributed by atoms with Crippen LogP contribution in [0.1, 0.15) is 30.1 Å². The third-order valence-corrected chi connectivity index (χ3v) is 8.19. The van der Waals surface area contributed by atoms with Crippen molar-refractivity contribution in [1.82, 2.24) is 4.31 Å². The van der Waals surface area contributed by atoms with Crippen LogP contribution in [0.3, 0.4) is 0 Å². The van der Waals surface area contributed by atoms with Crippen LogP contribution < -0.4 is 0 Å². The number of nitrogens with zero attached hydrogens (tertiary/aromatic N) is 1. The number of carbonyl (C=O) groups is 2. The summed E-state index contributed by atoms with van der Waals surface area (Å²) in [6.07, 6.45) is -0.182. The highest BCUT2D eigenvalue weighted by Gasteiger charge is 2.34. The van der Waals surface area contributed by atoms with Crippen LogP contribution in [0.4, 0.5) is 0 Å². The number of ether oxygens (including phenoxy) is 1. The van der Waals surface area contributed by atoms with Crippen LogP contribution in [0.15, 0.2) is 46.0 Å². The number of piperidine rings is 1. The molecule has 1 saturated heterocycles. The molecule has 1 aromatic heterocycles. The summed E-state index contributed by atoms with van der Waals surface area (Å²) in [5, 5.41) is 2.24. The Morgan fingerprint density at radius 1 is 1.18 bits per heavy atom. The van der Waals surface area contributed by atoms with Gasteiger partial charge in [0.05, 0.1) is 5.92 Å². The van der Waals surface area contributed by atoms with Crippen molar-refractivity contribution >= 4 is 44.7 Å². The molecule has 150 valence electrons. The Morgan fingerprint density at radius 3 is 2.39 bits per heavy atom. The van der Waals surface area contributed by atoms with Gasteiger partial charge in [0.25, 0.3) is 10.0 Å². The maximum atomic E-state index is 12.5. The Kier molecular flexibility index (Phi) is 6.54. The molecule has 1 unspecified atom stereocenters. The molecule has 0 aliphatic carbocycles. The third kappa shape index (κ3) is 4.63. The number of ketones is 1. The lowest BCUT2D eigenvalue weighted by molar-refractivity contribution is -0.152. The first-order valence-corrected chi connectivity index (χ1v) is 11.5. The van der Waals surface area contributed by atoms with E-state index in [9.17, 15) is 18.0 Å². The predicted molar refractivity (Wildman–Crippen MR) is 107 cm³/mol. The number of hydrogen-bond acceptors (Lipinski definition) is 6. The number of benzene rings is 1. The van der Waals surface area contributed by atoms with Gasteiger partial charge < -0.3 is 4.74 Å². The molecule has 1 aliphatic rings. The van der Waals surface area contributed by atoms with Gasteiger partial charge in [-0.3, -0.25) is 9.59 Å². The first kappa shape index (κ1) is 21.0. The van der Waals surface area contributed by atoms with Gasteiger partial charge in [-0.2, -0.15) is 4.31 Å². The van der Waals surface area contributed by atoms with Crippen molar-refractivity contribution < 1.29 is 22.7 Å². The fraction of sp³-hybridized carbons (Fsp3) is 0.368. The lowest BCUT2D eigenvalue weighted by atomic mass is 9.98. The molecule has 1 aromatic carbocycles. The van der Waals surface area contributed by atoms with Crippen molar-refractivity contribution in [3.63, 3.8) is 0 Å². The number of rotatable bonds is 6. The Hall–Kier alpha value is -1.74. The highest BCUT2D eigenvalue weighted by molar-refractivity contribution is 7.91. The number of carbonyl (C=O) groups excluding carboxylic acids is 2. The molecule has 2 aromatic rings. The summed E-state index contributed by atoms with van der Waals surface area (Å²) in [4.78, 5) is 24.8. The number of sulfonamides is 1. The van der Waals surface area contributed by atoms with E-state index >= 15 is 0 Å². The minimum absolute atomic E-state index is 0.250. The van der Waals surface area contributed by atoms with Crippen LogP contribution in [-0.4, -0.2) is 43.7 Å². The molecule has 0 spiro atoms. The molecule has 1 aliphatic heterocycles. The van der Waals surface area contributed by atoms with Gasteiger partial charge in [-0.1, -0.05) is 17.7 Å². The molecule has 9 heteroatoms. The maximum absolute atomic E-state index is 12.5. The number of thiophene rings is 1.